The van der Waals surface area contributed by atoms with Gasteiger partial charge in [-0.25, -0.2) is 4.98 Å². The number of hydrogen-bond acceptors (Lipinski definition) is 4. The van der Waals surface area contributed by atoms with Gasteiger partial charge in [0.15, 0.2) is 0 Å². The molecule has 2 aromatic carbocycles. The number of benzene rings is 2. The summed E-state index contributed by atoms with van der Waals surface area (Å²) in [5.74, 6) is 2.11. The molecule has 1 aromatic heterocycles. The van der Waals surface area contributed by atoms with Crippen molar-refractivity contribution in [2.24, 2.45) is 12.5 Å². The number of nitrogens with zero attached hydrogens (tertiary/aromatic N) is 4. The van der Waals surface area contributed by atoms with Gasteiger partial charge in [-0.05, 0) is 55.9 Å². The molecule has 0 atom stereocenters. The van der Waals surface area contributed by atoms with Crippen LogP contribution in [0, 0.1) is 5.41 Å². The first-order valence-electron chi connectivity index (χ1n) is 14.2. The molecule has 0 unspecified atom stereocenters. The third-order valence-corrected chi connectivity index (χ3v) is 8.94. The summed E-state index contributed by atoms with van der Waals surface area (Å²) in [5, 5.41) is 0.666. The average Bonchev–Trinajstić information content (AvgIpc) is 3.28. The number of aromatic nitrogens is 2. The molecule has 2 aliphatic heterocycles. The second kappa shape index (κ2) is 12.0. The molecule has 39 heavy (non-hydrogen) atoms. The van der Waals surface area contributed by atoms with Crippen LogP contribution < -0.4 is 4.74 Å². The van der Waals surface area contributed by atoms with Gasteiger partial charge in [-0.3, -0.25) is 9.59 Å². The summed E-state index contributed by atoms with van der Waals surface area (Å²) in [5.41, 5.74) is 2.59. The number of aryl methyl sites for hydroxylation is 3. The zero-order valence-corrected chi connectivity index (χ0v) is 23.9. The Bertz CT molecular complexity index is 1330. The Labute approximate surface area is 236 Å². The smallest absolute Gasteiger partial charge is 0.228 e. The fourth-order valence-corrected chi connectivity index (χ4v) is 6.53. The fourth-order valence-electron chi connectivity index (χ4n) is 6.23. The van der Waals surface area contributed by atoms with Crippen LogP contribution in [0.5, 0.6) is 5.75 Å². The molecule has 1 spiro atoms. The highest BCUT2D eigenvalue weighted by molar-refractivity contribution is 6.35. The third-order valence-electron chi connectivity index (χ3n) is 8.63. The van der Waals surface area contributed by atoms with Crippen LogP contribution in [0.25, 0.3) is 11.0 Å². The maximum atomic E-state index is 13.8. The van der Waals surface area contributed by atoms with E-state index >= 15 is 0 Å². The summed E-state index contributed by atoms with van der Waals surface area (Å²) in [7, 11) is 3.84. The number of likely N-dealkylation sites (N-methyl/N-ethyl adjacent to an activating group) is 1. The van der Waals surface area contributed by atoms with Crippen molar-refractivity contribution in [1.82, 2.24) is 19.4 Å². The van der Waals surface area contributed by atoms with Gasteiger partial charge < -0.3 is 19.1 Å². The second-order valence-electron chi connectivity index (χ2n) is 11.1. The van der Waals surface area contributed by atoms with E-state index in [1.54, 1.807) is 0 Å². The number of halogens is 1. The highest BCUT2D eigenvalue weighted by Gasteiger charge is 2.43. The number of para-hydroxylation sites is 2. The van der Waals surface area contributed by atoms with Gasteiger partial charge in [-0.15, -0.1) is 0 Å². The number of carbonyl (C=O) groups is 2. The number of likely N-dealkylation sites (tertiary alicyclic amines) is 1. The number of ether oxygens (including phenoxy) is 1. The highest BCUT2D eigenvalue weighted by Crippen LogP contribution is 2.39. The SMILES string of the molecule is CN1CCOc2ccccc2CCCCCC2(CCN(C(=O)CCc3nc4cccc(Cl)c4n3C)CC2)C1=O. The minimum absolute atomic E-state index is 0.125. The number of rotatable bonds is 3. The van der Waals surface area contributed by atoms with Gasteiger partial charge in [0.1, 0.15) is 18.2 Å². The number of hydrogen-bond donors (Lipinski definition) is 0. The van der Waals surface area contributed by atoms with Gasteiger partial charge in [-0.1, -0.05) is 48.7 Å². The van der Waals surface area contributed by atoms with Crippen LogP contribution in [-0.2, 0) is 29.5 Å². The van der Waals surface area contributed by atoms with Crippen LogP contribution >= 0.6 is 11.6 Å². The third kappa shape index (κ3) is 5.93. The van der Waals surface area contributed by atoms with Crippen molar-refractivity contribution >= 4 is 34.4 Å². The van der Waals surface area contributed by atoms with Crippen LogP contribution in [-0.4, -0.2) is 64.5 Å². The van der Waals surface area contributed by atoms with Crippen molar-refractivity contribution in [3.8, 4) is 5.75 Å². The lowest BCUT2D eigenvalue weighted by atomic mass is 9.73. The monoisotopic (exact) mass is 550 g/mol. The summed E-state index contributed by atoms with van der Waals surface area (Å²) < 4.78 is 8.07. The lowest BCUT2D eigenvalue weighted by molar-refractivity contribution is -0.148. The van der Waals surface area contributed by atoms with Gasteiger partial charge in [0.2, 0.25) is 11.8 Å². The fraction of sp³-hybridized carbons (Fsp3) is 0.516. The molecule has 7 nitrogen and oxygen atoms in total. The molecule has 8 heteroatoms. The van der Waals surface area contributed by atoms with Crippen molar-refractivity contribution in [2.45, 2.75) is 57.8 Å². The Morgan fingerprint density at radius 2 is 1.79 bits per heavy atom. The normalized spacial score (nSPS) is 18.7. The number of imidazole rings is 1. The Morgan fingerprint density at radius 1 is 1.00 bits per heavy atom. The molecular weight excluding hydrogens is 512 g/mol. The van der Waals surface area contributed by atoms with Crippen molar-refractivity contribution in [1.29, 1.82) is 0 Å². The van der Waals surface area contributed by atoms with E-state index in [0.717, 1.165) is 54.7 Å². The molecule has 1 fully saturated rings. The Balaban J connectivity index is 1.20. The minimum atomic E-state index is -0.402. The molecule has 2 aliphatic rings. The lowest BCUT2D eigenvalue weighted by Gasteiger charge is -2.42. The Morgan fingerprint density at radius 3 is 2.59 bits per heavy atom. The van der Waals surface area contributed by atoms with Crippen LogP contribution in [0.15, 0.2) is 42.5 Å². The molecule has 1 saturated heterocycles. The van der Waals surface area contributed by atoms with E-state index in [-0.39, 0.29) is 11.8 Å². The van der Waals surface area contributed by atoms with Gasteiger partial charge >= 0.3 is 0 Å². The van der Waals surface area contributed by atoms with Crippen LogP contribution in [0.1, 0.15) is 56.3 Å². The first-order chi connectivity index (χ1) is 18.9. The van der Waals surface area contributed by atoms with E-state index in [1.165, 1.54) is 5.56 Å². The molecule has 5 rings (SSSR count). The topological polar surface area (TPSA) is 67.7 Å². The second-order valence-corrected chi connectivity index (χ2v) is 11.5. The molecule has 0 radical (unpaired) electrons. The largest absolute Gasteiger partial charge is 0.491 e. The van der Waals surface area contributed by atoms with E-state index in [0.29, 0.717) is 56.9 Å². The van der Waals surface area contributed by atoms with Crippen LogP contribution in [0.2, 0.25) is 5.02 Å². The maximum Gasteiger partial charge on any atom is 0.228 e. The highest BCUT2D eigenvalue weighted by atomic mass is 35.5. The number of piperidine rings is 1. The summed E-state index contributed by atoms with van der Waals surface area (Å²) >= 11 is 6.37. The molecule has 0 saturated carbocycles. The van der Waals surface area contributed by atoms with Crippen molar-refractivity contribution in [2.75, 3.05) is 33.3 Å². The average molecular weight is 551 g/mol. The summed E-state index contributed by atoms with van der Waals surface area (Å²) in [6.45, 7) is 2.27. The molecule has 3 aromatic rings. The van der Waals surface area contributed by atoms with Gasteiger partial charge in [0.05, 0.1) is 28.0 Å². The molecule has 0 aliphatic carbocycles. The van der Waals surface area contributed by atoms with Crippen LogP contribution in [0.4, 0.5) is 0 Å². The lowest BCUT2D eigenvalue weighted by Crippen LogP contribution is -2.51. The molecule has 0 bridgehead atoms. The summed E-state index contributed by atoms with van der Waals surface area (Å²) in [6.07, 6.45) is 7.44. The maximum absolute atomic E-state index is 13.8. The minimum Gasteiger partial charge on any atom is -0.491 e. The molecule has 3 heterocycles. The van der Waals surface area contributed by atoms with Gasteiger partial charge in [0.25, 0.3) is 0 Å². The van der Waals surface area contributed by atoms with E-state index in [4.69, 9.17) is 21.3 Å². The van der Waals surface area contributed by atoms with Gasteiger partial charge in [-0.2, -0.15) is 0 Å². The summed E-state index contributed by atoms with van der Waals surface area (Å²) in [4.78, 5) is 35.4. The first kappa shape index (κ1) is 27.5. The van der Waals surface area contributed by atoms with E-state index in [2.05, 4.69) is 12.1 Å². The standard InChI is InChI=1S/C31H39ClN4O3/c1-34-21-22-39-26-13-6-5-10-23(26)9-4-3-7-16-31(30(34)38)17-19-36(20-18-31)28(37)15-14-27-33-25-12-8-11-24(32)29(25)35(27)2/h5-6,8,10-13H,3-4,7,9,14-22H2,1-2H3. The van der Waals surface area contributed by atoms with Crippen LogP contribution in [0.3, 0.4) is 0 Å². The summed E-state index contributed by atoms with van der Waals surface area (Å²) in [6, 6.07) is 13.9. The van der Waals surface area contributed by atoms with Crippen molar-refractivity contribution in [3.05, 3.63) is 58.9 Å². The van der Waals surface area contributed by atoms with E-state index < -0.39 is 5.41 Å². The predicted molar refractivity (Wildman–Crippen MR) is 154 cm³/mol. The Kier molecular flexibility index (Phi) is 8.46. The predicted octanol–water partition coefficient (Wildman–Crippen LogP) is 5.42. The van der Waals surface area contributed by atoms with Gasteiger partial charge in [0, 0.05) is 40.0 Å². The van der Waals surface area contributed by atoms with E-state index in [9.17, 15) is 9.59 Å². The van der Waals surface area contributed by atoms with Crippen molar-refractivity contribution in [3.63, 3.8) is 0 Å². The number of fused-ring (bicyclic) bond motifs is 2. The number of amides is 2. The molecule has 0 N–H and O–H groups in total. The zero-order chi connectivity index (χ0) is 27.4. The Hall–Kier alpha value is -3.06. The van der Waals surface area contributed by atoms with Crippen molar-refractivity contribution < 1.29 is 14.3 Å². The first-order valence-corrected chi connectivity index (χ1v) is 14.6. The quantitative estimate of drug-likeness (QED) is 0.436. The molecular formula is C31H39ClN4O3. The zero-order valence-electron chi connectivity index (χ0n) is 23.1. The van der Waals surface area contributed by atoms with E-state index in [1.807, 2.05) is 58.8 Å². The molecule has 2 amide bonds. The molecule has 208 valence electrons. The number of carbonyl (C=O) groups excluding carboxylic acids is 2.